The zero-order chi connectivity index (χ0) is 23.2. The third-order valence-electron chi connectivity index (χ3n) is 6.18. The van der Waals surface area contributed by atoms with Crippen LogP contribution in [-0.2, 0) is 29.2 Å². The molecule has 0 radical (unpaired) electrons. The number of rotatable bonds is 10. The third kappa shape index (κ3) is 6.13. The topological polar surface area (TPSA) is 45.6 Å². The molecule has 5 nitrogen and oxygen atoms in total. The SMILES string of the molecule is CC(C)N(CC(=O)N(Cc1ccccc1)Cc1cccn1Cc1ccccc1)C(=O)C1CC1. The fourth-order valence-corrected chi connectivity index (χ4v) is 4.08. The number of amides is 2. The van der Waals surface area contributed by atoms with Crippen LogP contribution in [0.5, 0.6) is 0 Å². The number of carbonyl (C=O) groups is 2. The minimum atomic E-state index is -0.0194. The first-order chi connectivity index (χ1) is 16.0. The van der Waals surface area contributed by atoms with Gasteiger partial charge in [0.05, 0.1) is 6.54 Å². The smallest absolute Gasteiger partial charge is 0.242 e. The molecule has 0 saturated heterocycles. The van der Waals surface area contributed by atoms with Gasteiger partial charge in [-0.05, 0) is 49.9 Å². The summed E-state index contributed by atoms with van der Waals surface area (Å²) in [7, 11) is 0. The van der Waals surface area contributed by atoms with Gasteiger partial charge in [-0.25, -0.2) is 0 Å². The maximum Gasteiger partial charge on any atom is 0.242 e. The van der Waals surface area contributed by atoms with Crippen molar-refractivity contribution >= 4 is 11.8 Å². The van der Waals surface area contributed by atoms with E-state index in [0.717, 1.165) is 30.6 Å². The van der Waals surface area contributed by atoms with Gasteiger partial charge in [-0.15, -0.1) is 0 Å². The standard InChI is InChI=1S/C28H33N3O2/c1-22(2)31(28(33)25-15-16-25)21-27(32)30(19-24-12-7-4-8-13-24)20-26-14-9-17-29(26)18-23-10-5-3-6-11-23/h3-14,17,22,25H,15-16,18-21H2,1-2H3. The molecule has 1 aromatic heterocycles. The van der Waals surface area contributed by atoms with E-state index in [9.17, 15) is 9.59 Å². The van der Waals surface area contributed by atoms with Crippen molar-refractivity contribution in [3.05, 3.63) is 95.8 Å². The van der Waals surface area contributed by atoms with Crippen molar-refractivity contribution in [2.24, 2.45) is 5.92 Å². The lowest BCUT2D eigenvalue weighted by atomic mass is 10.2. The van der Waals surface area contributed by atoms with E-state index in [-0.39, 0.29) is 30.3 Å². The predicted octanol–water partition coefficient (Wildman–Crippen LogP) is 4.71. The summed E-state index contributed by atoms with van der Waals surface area (Å²) in [5.41, 5.74) is 3.38. The van der Waals surface area contributed by atoms with Crippen molar-refractivity contribution in [2.75, 3.05) is 6.54 Å². The summed E-state index contributed by atoms with van der Waals surface area (Å²) in [6.07, 6.45) is 3.94. The molecule has 1 fully saturated rings. The van der Waals surface area contributed by atoms with Gasteiger partial charge in [-0.3, -0.25) is 9.59 Å². The molecular weight excluding hydrogens is 410 g/mol. The van der Waals surface area contributed by atoms with Crippen molar-refractivity contribution in [3.63, 3.8) is 0 Å². The average molecular weight is 444 g/mol. The lowest BCUT2D eigenvalue weighted by Crippen LogP contribution is -2.46. The molecule has 5 heteroatoms. The second-order valence-electron chi connectivity index (χ2n) is 9.18. The van der Waals surface area contributed by atoms with Gasteiger partial charge in [-0.2, -0.15) is 0 Å². The van der Waals surface area contributed by atoms with Gasteiger partial charge >= 0.3 is 0 Å². The van der Waals surface area contributed by atoms with Gasteiger partial charge < -0.3 is 14.4 Å². The van der Waals surface area contributed by atoms with Gasteiger partial charge in [0.25, 0.3) is 0 Å². The summed E-state index contributed by atoms with van der Waals surface area (Å²) in [5, 5.41) is 0. The first-order valence-corrected chi connectivity index (χ1v) is 11.8. The fourth-order valence-electron chi connectivity index (χ4n) is 4.08. The van der Waals surface area contributed by atoms with Crippen LogP contribution in [0.2, 0.25) is 0 Å². The molecule has 0 spiro atoms. The number of hydrogen-bond acceptors (Lipinski definition) is 2. The Balaban J connectivity index is 1.53. The van der Waals surface area contributed by atoms with Crippen LogP contribution in [-0.4, -0.2) is 38.8 Å². The number of nitrogens with zero attached hydrogens (tertiary/aromatic N) is 3. The third-order valence-corrected chi connectivity index (χ3v) is 6.18. The lowest BCUT2D eigenvalue weighted by Gasteiger charge is -2.30. The highest BCUT2D eigenvalue weighted by Crippen LogP contribution is 2.31. The highest BCUT2D eigenvalue weighted by molar-refractivity contribution is 5.87. The van der Waals surface area contributed by atoms with E-state index in [4.69, 9.17) is 0 Å². The van der Waals surface area contributed by atoms with Crippen molar-refractivity contribution < 1.29 is 9.59 Å². The van der Waals surface area contributed by atoms with Crippen LogP contribution in [0, 0.1) is 5.92 Å². The summed E-state index contributed by atoms with van der Waals surface area (Å²) in [4.78, 5) is 29.9. The first-order valence-electron chi connectivity index (χ1n) is 11.8. The molecule has 0 N–H and O–H groups in total. The summed E-state index contributed by atoms with van der Waals surface area (Å²) < 4.78 is 2.19. The fraction of sp³-hybridized carbons (Fsp3) is 0.357. The minimum absolute atomic E-state index is 0.00238. The molecule has 0 bridgehead atoms. The van der Waals surface area contributed by atoms with Crippen LogP contribution in [0.25, 0.3) is 0 Å². The quantitative estimate of drug-likeness (QED) is 0.455. The van der Waals surface area contributed by atoms with Crippen LogP contribution in [0.3, 0.4) is 0 Å². The lowest BCUT2D eigenvalue weighted by molar-refractivity contribution is -0.143. The van der Waals surface area contributed by atoms with E-state index >= 15 is 0 Å². The van der Waals surface area contributed by atoms with E-state index in [1.807, 2.05) is 73.3 Å². The molecule has 3 aromatic rings. The molecule has 4 rings (SSSR count). The molecule has 0 unspecified atom stereocenters. The Kier molecular flexibility index (Phi) is 7.28. The van der Waals surface area contributed by atoms with Crippen LogP contribution in [0.15, 0.2) is 79.0 Å². The molecule has 33 heavy (non-hydrogen) atoms. The largest absolute Gasteiger partial charge is 0.345 e. The summed E-state index contributed by atoms with van der Waals surface area (Å²) >= 11 is 0. The summed E-state index contributed by atoms with van der Waals surface area (Å²) in [6.45, 7) is 5.87. The van der Waals surface area contributed by atoms with Gasteiger partial charge in [-0.1, -0.05) is 60.7 Å². The number of aromatic nitrogens is 1. The van der Waals surface area contributed by atoms with Gasteiger partial charge in [0.1, 0.15) is 6.54 Å². The molecule has 0 atom stereocenters. The maximum atomic E-state index is 13.5. The number of benzene rings is 2. The normalized spacial score (nSPS) is 13.2. The Labute approximate surface area is 196 Å². The molecule has 2 aromatic carbocycles. The summed E-state index contributed by atoms with van der Waals surface area (Å²) in [6, 6.07) is 24.5. The Bertz CT molecular complexity index is 1060. The van der Waals surface area contributed by atoms with Crippen LogP contribution in [0.4, 0.5) is 0 Å². The van der Waals surface area contributed by atoms with Gasteiger partial charge in [0, 0.05) is 36.9 Å². The molecule has 1 saturated carbocycles. The highest BCUT2D eigenvalue weighted by Gasteiger charge is 2.35. The number of carbonyl (C=O) groups excluding carboxylic acids is 2. The van der Waals surface area contributed by atoms with Crippen molar-refractivity contribution in [1.82, 2.24) is 14.4 Å². The molecule has 1 aliphatic carbocycles. The van der Waals surface area contributed by atoms with Crippen LogP contribution in [0.1, 0.15) is 43.5 Å². The molecule has 172 valence electrons. The molecule has 1 heterocycles. The van der Waals surface area contributed by atoms with Crippen molar-refractivity contribution in [2.45, 2.75) is 52.4 Å². The predicted molar refractivity (Wildman–Crippen MR) is 130 cm³/mol. The summed E-state index contributed by atoms with van der Waals surface area (Å²) in [5.74, 6) is 0.199. The first kappa shape index (κ1) is 22.8. The maximum absolute atomic E-state index is 13.5. The Hall–Kier alpha value is -3.34. The Morgan fingerprint density at radius 1 is 0.879 bits per heavy atom. The van der Waals surface area contributed by atoms with E-state index < -0.39 is 0 Å². The molecular formula is C28H33N3O2. The molecule has 1 aliphatic rings. The van der Waals surface area contributed by atoms with E-state index in [1.54, 1.807) is 4.90 Å². The van der Waals surface area contributed by atoms with Crippen molar-refractivity contribution in [3.8, 4) is 0 Å². The zero-order valence-corrected chi connectivity index (χ0v) is 19.6. The van der Waals surface area contributed by atoms with Crippen molar-refractivity contribution in [1.29, 1.82) is 0 Å². The zero-order valence-electron chi connectivity index (χ0n) is 19.6. The van der Waals surface area contributed by atoms with Crippen LogP contribution < -0.4 is 0 Å². The highest BCUT2D eigenvalue weighted by atomic mass is 16.2. The van der Waals surface area contributed by atoms with Crippen LogP contribution >= 0.6 is 0 Å². The minimum Gasteiger partial charge on any atom is -0.345 e. The Morgan fingerprint density at radius 2 is 1.52 bits per heavy atom. The monoisotopic (exact) mass is 443 g/mol. The second kappa shape index (κ2) is 10.5. The molecule has 2 amide bonds. The van der Waals surface area contributed by atoms with E-state index in [2.05, 4.69) is 29.0 Å². The Morgan fingerprint density at radius 3 is 2.12 bits per heavy atom. The average Bonchev–Trinajstić information content (AvgIpc) is 3.59. The van der Waals surface area contributed by atoms with E-state index in [0.29, 0.717) is 13.1 Å². The molecule has 0 aliphatic heterocycles. The van der Waals surface area contributed by atoms with E-state index in [1.165, 1.54) is 5.56 Å². The van der Waals surface area contributed by atoms with Gasteiger partial charge in [0.2, 0.25) is 11.8 Å². The number of hydrogen-bond donors (Lipinski definition) is 0. The van der Waals surface area contributed by atoms with Gasteiger partial charge in [0.15, 0.2) is 0 Å². The second-order valence-corrected chi connectivity index (χ2v) is 9.18.